The lowest BCUT2D eigenvalue weighted by atomic mass is 10.0. The molecule has 19 heavy (non-hydrogen) atoms. The van der Waals surface area contributed by atoms with Crippen LogP contribution in [0.5, 0.6) is 0 Å². The van der Waals surface area contributed by atoms with E-state index in [2.05, 4.69) is 24.1 Å². The number of hydrogen-bond acceptors (Lipinski definition) is 3. The summed E-state index contributed by atoms with van der Waals surface area (Å²) in [6.07, 6.45) is 4.85. The molecule has 1 saturated carbocycles. The number of carbonyl (C=O) groups excluding carboxylic acids is 1. The van der Waals surface area contributed by atoms with Crippen molar-refractivity contribution >= 4 is 17.2 Å². The molecule has 1 aromatic rings. The van der Waals surface area contributed by atoms with Crippen LogP contribution in [-0.2, 0) is 0 Å². The highest BCUT2D eigenvalue weighted by atomic mass is 32.1. The Morgan fingerprint density at radius 3 is 2.95 bits per heavy atom. The van der Waals surface area contributed by atoms with Gasteiger partial charge in [-0.25, -0.2) is 0 Å². The highest BCUT2D eigenvalue weighted by molar-refractivity contribution is 7.14. The maximum atomic E-state index is 12.0. The van der Waals surface area contributed by atoms with Crippen molar-refractivity contribution in [2.45, 2.75) is 32.6 Å². The van der Waals surface area contributed by atoms with E-state index in [0.29, 0.717) is 10.3 Å². The van der Waals surface area contributed by atoms with Crippen LogP contribution in [-0.4, -0.2) is 24.2 Å². The molecule has 1 fully saturated rings. The van der Waals surface area contributed by atoms with E-state index in [0.717, 1.165) is 11.4 Å². The van der Waals surface area contributed by atoms with Gasteiger partial charge in [0.2, 0.25) is 0 Å². The first kappa shape index (κ1) is 14.1. The Labute approximate surface area is 118 Å². The number of carbonyl (C=O) groups is 1. The van der Waals surface area contributed by atoms with Crippen molar-refractivity contribution in [1.82, 2.24) is 5.32 Å². The zero-order valence-electron chi connectivity index (χ0n) is 11.2. The lowest BCUT2D eigenvalue weighted by Crippen LogP contribution is -2.29. The molecule has 0 aliphatic heterocycles. The maximum absolute atomic E-state index is 12.0. The molecule has 4 heteroatoms. The Morgan fingerprint density at radius 2 is 2.32 bits per heavy atom. The van der Waals surface area contributed by atoms with E-state index in [-0.39, 0.29) is 12.5 Å². The number of rotatable bonds is 5. The fourth-order valence-electron chi connectivity index (χ4n) is 2.23. The summed E-state index contributed by atoms with van der Waals surface area (Å²) in [5, 5.41) is 11.7. The molecule has 0 radical (unpaired) electrons. The fraction of sp³-hybridized carbons (Fsp3) is 0.533. The molecular weight excluding hydrogens is 258 g/mol. The van der Waals surface area contributed by atoms with Crippen molar-refractivity contribution in [2.75, 3.05) is 13.2 Å². The van der Waals surface area contributed by atoms with Gasteiger partial charge in [-0.1, -0.05) is 25.2 Å². The van der Waals surface area contributed by atoms with Crippen molar-refractivity contribution in [3.8, 4) is 11.8 Å². The van der Waals surface area contributed by atoms with Crippen LogP contribution in [0.1, 0.15) is 47.2 Å². The zero-order chi connectivity index (χ0) is 13.7. The van der Waals surface area contributed by atoms with Gasteiger partial charge in [0.15, 0.2) is 0 Å². The monoisotopic (exact) mass is 277 g/mol. The molecule has 0 bridgehead atoms. The van der Waals surface area contributed by atoms with Gasteiger partial charge in [-0.2, -0.15) is 0 Å². The second-order valence-corrected chi connectivity index (χ2v) is 6.14. The van der Waals surface area contributed by atoms with Crippen molar-refractivity contribution in [3.63, 3.8) is 0 Å². The number of hydrogen-bond donors (Lipinski definition) is 2. The number of aliphatic hydroxyl groups is 1. The largest absolute Gasteiger partial charge is 0.384 e. The normalized spacial score (nSPS) is 15.5. The molecule has 1 aliphatic carbocycles. The summed E-state index contributed by atoms with van der Waals surface area (Å²) < 4.78 is 0. The summed E-state index contributed by atoms with van der Waals surface area (Å²) in [4.78, 5) is 13.5. The SMILES string of the molecule is CCCC1(CNC(=O)c2ccc(C#CCO)s2)CC1. The Kier molecular flexibility index (Phi) is 4.62. The third-order valence-electron chi connectivity index (χ3n) is 3.48. The van der Waals surface area contributed by atoms with Gasteiger partial charge in [-0.3, -0.25) is 4.79 Å². The van der Waals surface area contributed by atoms with Gasteiger partial charge in [-0.05, 0) is 36.8 Å². The van der Waals surface area contributed by atoms with Crippen LogP contribution in [0.25, 0.3) is 0 Å². The van der Waals surface area contributed by atoms with Gasteiger partial charge in [0.05, 0.1) is 9.75 Å². The van der Waals surface area contributed by atoms with Crippen LogP contribution < -0.4 is 5.32 Å². The molecule has 0 saturated heterocycles. The summed E-state index contributed by atoms with van der Waals surface area (Å²) in [6, 6.07) is 3.61. The Hall–Kier alpha value is -1.31. The lowest BCUT2D eigenvalue weighted by Gasteiger charge is -2.14. The van der Waals surface area contributed by atoms with Gasteiger partial charge in [0.25, 0.3) is 5.91 Å². The predicted octanol–water partition coefficient (Wildman–Crippen LogP) is 2.40. The van der Waals surface area contributed by atoms with E-state index in [1.54, 1.807) is 6.07 Å². The first-order chi connectivity index (χ1) is 9.19. The minimum atomic E-state index is -0.154. The summed E-state index contributed by atoms with van der Waals surface area (Å²) in [7, 11) is 0. The van der Waals surface area contributed by atoms with Crippen molar-refractivity contribution in [3.05, 3.63) is 21.9 Å². The van der Waals surface area contributed by atoms with Gasteiger partial charge in [0.1, 0.15) is 6.61 Å². The smallest absolute Gasteiger partial charge is 0.261 e. The van der Waals surface area contributed by atoms with Crippen molar-refractivity contribution < 1.29 is 9.90 Å². The van der Waals surface area contributed by atoms with E-state index in [9.17, 15) is 4.79 Å². The summed E-state index contributed by atoms with van der Waals surface area (Å²) in [6.45, 7) is 2.82. The van der Waals surface area contributed by atoms with E-state index in [1.807, 2.05) is 6.07 Å². The average molecular weight is 277 g/mol. The van der Waals surface area contributed by atoms with Crippen LogP contribution in [0.2, 0.25) is 0 Å². The van der Waals surface area contributed by atoms with Gasteiger partial charge < -0.3 is 10.4 Å². The maximum Gasteiger partial charge on any atom is 0.261 e. The van der Waals surface area contributed by atoms with Crippen LogP contribution in [0.15, 0.2) is 12.1 Å². The second-order valence-electron chi connectivity index (χ2n) is 5.06. The molecule has 1 heterocycles. The molecule has 2 N–H and O–H groups in total. The number of thiophene rings is 1. The fourth-order valence-corrected chi connectivity index (χ4v) is 3.03. The molecule has 102 valence electrons. The third-order valence-corrected chi connectivity index (χ3v) is 4.48. The third kappa shape index (κ3) is 3.82. The quantitative estimate of drug-likeness (QED) is 0.812. The number of aliphatic hydroxyl groups excluding tert-OH is 1. The molecule has 1 aliphatic rings. The summed E-state index contributed by atoms with van der Waals surface area (Å²) in [5.74, 6) is 5.39. The zero-order valence-corrected chi connectivity index (χ0v) is 12.0. The van der Waals surface area contributed by atoms with E-state index in [1.165, 1.54) is 37.0 Å². The molecule has 0 atom stereocenters. The lowest BCUT2D eigenvalue weighted by molar-refractivity contribution is 0.0948. The number of nitrogens with one attached hydrogen (secondary N) is 1. The van der Waals surface area contributed by atoms with Crippen LogP contribution in [0, 0.1) is 17.3 Å². The first-order valence-corrected chi connectivity index (χ1v) is 7.48. The second kappa shape index (κ2) is 6.23. The molecule has 2 rings (SSSR count). The van der Waals surface area contributed by atoms with Crippen LogP contribution >= 0.6 is 11.3 Å². The van der Waals surface area contributed by atoms with Gasteiger partial charge in [0, 0.05) is 6.54 Å². The topological polar surface area (TPSA) is 49.3 Å². The van der Waals surface area contributed by atoms with Crippen molar-refractivity contribution in [1.29, 1.82) is 0 Å². The highest BCUT2D eigenvalue weighted by Crippen LogP contribution is 2.48. The molecule has 0 spiro atoms. The van der Waals surface area contributed by atoms with E-state index < -0.39 is 0 Å². The van der Waals surface area contributed by atoms with Crippen LogP contribution in [0.4, 0.5) is 0 Å². The minimum Gasteiger partial charge on any atom is -0.384 e. The van der Waals surface area contributed by atoms with Gasteiger partial charge >= 0.3 is 0 Å². The Morgan fingerprint density at radius 1 is 1.53 bits per heavy atom. The van der Waals surface area contributed by atoms with Crippen molar-refractivity contribution in [2.24, 2.45) is 5.41 Å². The molecule has 1 amide bonds. The number of amides is 1. The molecule has 3 nitrogen and oxygen atoms in total. The molecular formula is C15H19NO2S. The van der Waals surface area contributed by atoms with E-state index in [4.69, 9.17) is 5.11 Å². The van der Waals surface area contributed by atoms with Gasteiger partial charge in [-0.15, -0.1) is 11.3 Å². The summed E-state index contributed by atoms with van der Waals surface area (Å²) in [5.41, 5.74) is 0.376. The summed E-state index contributed by atoms with van der Waals surface area (Å²) >= 11 is 1.37. The Bertz CT molecular complexity index is 506. The molecule has 0 aromatic carbocycles. The van der Waals surface area contributed by atoms with E-state index >= 15 is 0 Å². The standard InChI is InChI=1S/C15H19NO2S/c1-2-7-15(8-9-15)11-16-14(18)13-6-5-12(19-13)4-3-10-17/h5-6,17H,2,7-11H2,1H3,(H,16,18). The first-order valence-electron chi connectivity index (χ1n) is 6.67. The van der Waals surface area contributed by atoms with Crippen LogP contribution in [0.3, 0.4) is 0 Å². The molecule has 1 aromatic heterocycles. The predicted molar refractivity (Wildman–Crippen MR) is 77.2 cm³/mol. The minimum absolute atomic E-state index is 0.00979. The average Bonchev–Trinajstić information content (AvgIpc) is 3.01. The molecule has 0 unspecified atom stereocenters. The highest BCUT2D eigenvalue weighted by Gasteiger charge is 2.41. The Balaban J connectivity index is 1.88.